The number of hydrogen-bond acceptors (Lipinski definition) is 5. The maximum Gasteiger partial charge on any atom is 0.264 e. The molecular formula is C17H23N3O2. The molecule has 0 spiro atoms. The number of benzene rings is 1. The van der Waals surface area contributed by atoms with Crippen molar-refractivity contribution in [3.8, 4) is 5.75 Å². The highest BCUT2D eigenvalue weighted by molar-refractivity contribution is 5.36. The van der Waals surface area contributed by atoms with Crippen molar-refractivity contribution in [2.45, 2.75) is 58.1 Å². The fourth-order valence-corrected chi connectivity index (χ4v) is 2.83. The zero-order valence-electron chi connectivity index (χ0n) is 13.4. The minimum Gasteiger partial charge on any atom is -0.484 e. The number of ether oxygens (including phenoxy) is 1. The number of nitrogens with zero attached hydrogens (tertiary/aromatic N) is 2. The molecule has 0 bridgehead atoms. The van der Waals surface area contributed by atoms with E-state index < -0.39 is 5.54 Å². The van der Waals surface area contributed by atoms with Gasteiger partial charge in [-0.1, -0.05) is 25.1 Å². The molecule has 22 heavy (non-hydrogen) atoms. The first kappa shape index (κ1) is 15.0. The average Bonchev–Trinajstić information content (AvgIpc) is 2.91. The number of hydrogen-bond donors (Lipinski definition) is 1. The zero-order valence-corrected chi connectivity index (χ0v) is 13.4. The molecule has 1 aliphatic carbocycles. The van der Waals surface area contributed by atoms with Crippen LogP contribution in [0.25, 0.3) is 0 Å². The van der Waals surface area contributed by atoms with E-state index in [4.69, 9.17) is 15.0 Å². The molecule has 2 N–H and O–H groups in total. The van der Waals surface area contributed by atoms with Gasteiger partial charge in [-0.3, -0.25) is 0 Å². The van der Waals surface area contributed by atoms with Crippen LogP contribution < -0.4 is 10.5 Å². The molecule has 0 amide bonds. The summed E-state index contributed by atoms with van der Waals surface area (Å²) >= 11 is 0. The van der Waals surface area contributed by atoms with Gasteiger partial charge in [0, 0.05) is 0 Å². The molecule has 5 heteroatoms. The van der Waals surface area contributed by atoms with Crippen molar-refractivity contribution in [2.75, 3.05) is 0 Å². The molecule has 118 valence electrons. The van der Waals surface area contributed by atoms with E-state index in [1.807, 2.05) is 12.1 Å². The van der Waals surface area contributed by atoms with Gasteiger partial charge in [0.25, 0.3) is 5.89 Å². The van der Waals surface area contributed by atoms with Crippen LogP contribution >= 0.6 is 0 Å². The lowest BCUT2D eigenvalue weighted by Gasteiger charge is -2.34. The Bertz CT molecular complexity index is 660. The van der Waals surface area contributed by atoms with Gasteiger partial charge in [0.1, 0.15) is 5.75 Å². The van der Waals surface area contributed by atoms with Crippen LogP contribution in [0.4, 0.5) is 0 Å². The molecule has 3 rings (SSSR count). The van der Waals surface area contributed by atoms with Crippen LogP contribution in [0.1, 0.15) is 61.9 Å². The lowest BCUT2D eigenvalue weighted by molar-refractivity contribution is 0.223. The van der Waals surface area contributed by atoms with E-state index >= 15 is 0 Å². The van der Waals surface area contributed by atoms with Crippen LogP contribution in [0.3, 0.4) is 0 Å². The van der Waals surface area contributed by atoms with Gasteiger partial charge >= 0.3 is 0 Å². The SMILES string of the molecule is Cc1cc(OCc2nc(C3(N)CCC3)no2)ccc1C(C)C. The third-order valence-electron chi connectivity index (χ3n) is 4.38. The minimum absolute atomic E-state index is 0.267. The first-order chi connectivity index (χ1) is 10.5. The predicted molar refractivity (Wildman–Crippen MR) is 83.6 cm³/mol. The van der Waals surface area contributed by atoms with Crippen LogP contribution in [-0.2, 0) is 12.1 Å². The fraction of sp³-hybridized carbons (Fsp3) is 0.529. The summed E-state index contributed by atoms with van der Waals surface area (Å²) in [5, 5.41) is 3.99. The maximum atomic E-state index is 6.18. The second-order valence-electron chi connectivity index (χ2n) is 6.48. The Hall–Kier alpha value is -1.88. The second kappa shape index (κ2) is 5.72. The molecule has 0 saturated heterocycles. The lowest BCUT2D eigenvalue weighted by Crippen LogP contribution is -2.44. The van der Waals surface area contributed by atoms with E-state index in [2.05, 4.69) is 37.0 Å². The smallest absolute Gasteiger partial charge is 0.264 e. The van der Waals surface area contributed by atoms with Crippen molar-refractivity contribution in [2.24, 2.45) is 5.73 Å². The highest BCUT2D eigenvalue weighted by atomic mass is 16.5. The molecule has 5 nitrogen and oxygen atoms in total. The molecule has 1 fully saturated rings. The van der Waals surface area contributed by atoms with E-state index in [9.17, 15) is 0 Å². The third kappa shape index (κ3) is 2.86. The standard InChI is InChI=1S/C17H23N3O2/c1-11(2)14-6-5-13(9-12(14)3)21-10-15-19-16(20-22-15)17(18)7-4-8-17/h5-6,9,11H,4,7-8,10,18H2,1-3H3. The van der Waals surface area contributed by atoms with Gasteiger partial charge in [0.15, 0.2) is 12.4 Å². The molecule has 1 aliphatic rings. The van der Waals surface area contributed by atoms with Crippen LogP contribution in [0, 0.1) is 6.92 Å². The highest BCUT2D eigenvalue weighted by Crippen LogP contribution is 2.36. The summed E-state index contributed by atoms with van der Waals surface area (Å²) in [6.45, 7) is 6.74. The molecule has 1 heterocycles. The molecular weight excluding hydrogens is 278 g/mol. The van der Waals surface area contributed by atoms with E-state index in [0.29, 0.717) is 17.6 Å². The Morgan fingerprint density at radius 1 is 1.36 bits per heavy atom. The van der Waals surface area contributed by atoms with Crippen LogP contribution in [0.5, 0.6) is 5.75 Å². The van der Waals surface area contributed by atoms with Crippen molar-refractivity contribution in [1.29, 1.82) is 0 Å². The van der Waals surface area contributed by atoms with Crippen molar-refractivity contribution in [1.82, 2.24) is 10.1 Å². The normalized spacial score (nSPS) is 16.6. The van der Waals surface area contributed by atoms with Gasteiger partial charge < -0.3 is 15.0 Å². The first-order valence-corrected chi connectivity index (χ1v) is 7.83. The summed E-state index contributed by atoms with van der Waals surface area (Å²) < 4.78 is 11.0. The summed E-state index contributed by atoms with van der Waals surface area (Å²) in [5.74, 6) is 2.39. The highest BCUT2D eigenvalue weighted by Gasteiger charge is 2.38. The number of nitrogens with two attached hydrogens (primary N) is 1. The van der Waals surface area contributed by atoms with E-state index in [-0.39, 0.29) is 6.61 Å². The monoisotopic (exact) mass is 301 g/mol. The molecule has 0 unspecified atom stereocenters. The Morgan fingerprint density at radius 2 is 2.14 bits per heavy atom. The van der Waals surface area contributed by atoms with Crippen molar-refractivity contribution < 1.29 is 9.26 Å². The summed E-state index contributed by atoms with van der Waals surface area (Å²) in [4.78, 5) is 4.36. The van der Waals surface area contributed by atoms with E-state index in [1.165, 1.54) is 11.1 Å². The summed E-state index contributed by atoms with van der Waals surface area (Å²) in [6.07, 6.45) is 2.96. The Kier molecular flexibility index (Phi) is 3.91. The molecule has 1 aromatic carbocycles. The number of rotatable bonds is 5. The van der Waals surface area contributed by atoms with Gasteiger partial charge in [0.05, 0.1) is 5.54 Å². The quantitative estimate of drug-likeness (QED) is 0.916. The predicted octanol–water partition coefficient (Wildman–Crippen LogP) is 3.42. The van der Waals surface area contributed by atoms with Crippen molar-refractivity contribution >= 4 is 0 Å². The van der Waals surface area contributed by atoms with Gasteiger partial charge in [0.2, 0.25) is 0 Å². The summed E-state index contributed by atoms with van der Waals surface area (Å²) in [5.41, 5.74) is 8.36. The molecule has 1 aromatic heterocycles. The Labute approximate surface area is 130 Å². The van der Waals surface area contributed by atoms with Gasteiger partial charge in [-0.2, -0.15) is 4.98 Å². The second-order valence-corrected chi connectivity index (χ2v) is 6.48. The maximum absolute atomic E-state index is 6.18. The van der Waals surface area contributed by atoms with E-state index in [1.54, 1.807) is 0 Å². The van der Waals surface area contributed by atoms with Gasteiger partial charge in [-0.15, -0.1) is 0 Å². The van der Waals surface area contributed by atoms with Gasteiger partial charge in [-0.05, 0) is 55.4 Å². The van der Waals surface area contributed by atoms with Crippen molar-refractivity contribution in [3.05, 3.63) is 41.0 Å². The zero-order chi connectivity index (χ0) is 15.7. The van der Waals surface area contributed by atoms with E-state index in [0.717, 1.165) is 25.0 Å². The summed E-state index contributed by atoms with van der Waals surface area (Å²) in [6, 6.07) is 6.14. The molecule has 0 aliphatic heterocycles. The lowest BCUT2D eigenvalue weighted by atomic mass is 9.77. The number of aromatic nitrogens is 2. The first-order valence-electron chi connectivity index (χ1n) is 7.83. The van der Waals surface area contributed by atoms with Gasteiger partial charge in [-0.25, -0.2) is 0 Å². The minimum atomic E-state index is -0.392. The Morgan fingerprint density at radius 3 is 2.73 bits per heavy atom. The van der Waals surface area contributed by atoms with Crippen LogP contribution in [0.2, 0.25) is 0 Å². The topological polar surface area (TPSA) is 74.2 Å². The third-order valence-corrected chi connectivity index (χ3v) is 4.38. The summed E-state index contributed by atoms with van der Waals surface area (Å²) in [7, 11) is 0. The molecule has 2 aromatic rings. The molecule has 1 saturated carbocycles. The van der Waals surface area contributed by atoms with Crippen molar-refractivity contribution in [3.63, 3.8) is 0 Å². The molecule has 0 atom stereocenters. The largest absolute Gasteiger partial charge is 0.484 e. The average molecular weight is 301 g/mol. The van der Waals surface area contributed by atoms with Crippen LogP contribution in [-0.4, -0.2) is 10.1 Å². The molecule has 0 radical (unpaired) electrons. The fourth-order valence-electron chi connectivity index (χ4n) is 2.83. The number of aryl methyl sites for hydroxylation is 1. The van der Waals surface area contributed by atoms with Crippen LogP contribution in [0.15, 0.2) is 22.7 Å². The Balaban J connectivity index is 1.64.